The molecule has 2 atom stereocenters. The average Bonchev–Trinajstić information content (AvgIpc) is 2.91. The van der Waals surface area contributed by atoms with Crippen molar-refractivity contribution in [2.24, 2.45) is 5.92 Å². The third-order valence-electron chi connectivity index (χ3n) is 4.50. The molecule has 8 heteroatoms. The zero-order valence-electron chi connectivity index (χ0n) is 13.3. The Hall–Kier alpha value is -1.01. The molecule has 1 unspecified atom stereocenters. The van der Waals surface area contributed by atoms with Gasteiger partial charge >= 0.3 is 0 Å². The van der Waals surface area contributed by atoms with Gasteiger partial charge in [0.1, 0.15) is 5.92 Å². The number of rotatable bonds is 2. The molecule has 2 aliphatic heterocycles. The quantitative estimate of drug-likeness (QED) is 0.787. The topological polar surface area (TPSA) is 52.7 Å². The van der Waals surface area contributed by atoms with Crippen molar-refractivity contribution in [2.45, 2.75) is 19.4 Å². The predicted octanol–water partition coefficient (Wildman–Crippen LogP) is 2.59. The smallest absolute Gasteiger partial charge is 0.239 e. The lowest BCUT2D eigenvalue weighted by molar-refractivity contribution is -0.142. The van der Waals surface area contributed by atoms with Gasteiger partial charge in [0.05, 0.1) is 10.0 Å². The molecule has 1 N–H and O–H groups in total. The van der Waals surface area contributed by atoms with Crippen LogP contribution in [0.2, 0.25) is 10.0 Å². The van der Waals surface area contributed by atoms with Gasteiger partial charge in [-0.3, -0.25) is 9.59 Å². The van der Waals surface area contributed by atoms with Crippen molar-refractivity contribution in [3.05, 3.63) is 28.2 Å². The summed E-state index contributed by atoms with van der Waals surface area (Å²) in [4.78, 5) is 28.8. The van der Waals surface area contributed by atoms with Gasteiger partial charge in [0.15, 0.2) is 0 Å². The predicted molar refractivity (Wildman–Crippen MR) is 98.2 cm³/mol. The Labute approximate surface area is 157 Å². The minimum Gasteiger partial charge on any atom is -0.337 e. The summed E-state index contributed by atoms with van der Waals surface area (Å²) < 4.78 is 0. The second kappa shape index (κ2) is 7.91. The number of nitrogens with one attached hydrogen (secondary N) is 1. The van der Waals surface area contributed by atoms with Crippen molar-refractivity contribution < 1.29 is 9.59 Å². The Morgan fingerprint density at radius 1 is 1.25 bits per heavy atom. The molecular weight excluding hydrogens is 373 g/mol. The van der Waals surface area contributed by atoms with E-state index in [2.05, 4.69) is 5.32 Å². The Balaban J connectivity index is 0.00000208. The van der Waals surface area contributed by atoms with Gasteiger partial charge in [0.25, 0.3) is 0 Å². The van der Waals surface area contributed by atoms with E-state index in [1.807, 2.05) is 11.8 Å². The molecule has 2 saturated heterocycles. The van der Waals surface area contributed by atoms with Crippen LogP contribution in [-0.2, 0) is 9.59 Å². The van der Waals surface area contributed by atoms with E-state index in [0.29, 0.717) is 35.2 Å². The Kier molecular flexibility index (Phi) is 6.37. The molecule has 2 heterocycles. The third kappa shape index (κ3) is 3.64. The summed E-state index contributed by atoms with van der Waals surface area (Å²) in [6, 6.07) is 5.21. The van der Waals surface area contributed by atoms with E-state index in [1.54, 1.807) is 23.1 Å². The largest absolute Gasteiger partial charge is 0.337 e. The fourth-order valence-corrected chi connectivity index (χ4v) is 3.48. The monoisotopic (exact) mass is 391 g/mol. The van der Waals surface area contributed by atoms with Crippen molar-refractivity contribution in [1.82, 2.24) is 10.2 Å². The van der Waals surface area contributed by atoms with Crippen LogP contribution in [0.25, 0.3) is 0 Å². The molecule has 2 aliphatic rings. The summed E-state index contributed by atoms with van der Waals surface area (Å²) in [5.74, 6) is -0.810. The van der Waals surface area contributed by atoms with Gasteiger partial charge in [-0.1, -0.05) is 23.2 Å². The van der Waals surface area contributed by atoms with Gasteiger partial charge < -0.3 is 15.1 Å². The minimum absolute atomic E-state index is 0. The molecule has 0 spiro atoms. The molecule has 0 aliphatic carbocycles. The van der Waals surface area contributed by atoms with Crippen molar-refractivity contribution in [3.8, 4) is 0 Å². The van der Waals surface area contributed by atoms with Gasteiger partial charge in [-0.25, -0.2) is 0 Å². The van der Waals surface area contributed by atoms with Gasteiger partial charge in [0.2, 0.25) is 11.8 Å². The molecule has 2 fully saturated rings. The number of nitrogens with zero attached hydrogens (tertiary/aromatic N) is 2. The van der Waals surface area contributed by atoms with Crippen LogP contribution in [0.5, 0.6) is 0 Å². The highest BCUT2D eigenvalue weighted by atomic mass is 35.5. The van der Waals surface area contributed by atoms with E-state index in [9.17, 15) is 9.59 Å². The van der Waals surface area contributed by atoms with E-state index in [0.717, 1.165) is 13.1 Å². The number of piperazine rings is 1. The van der Waals surface area contributed by atoms with E-state index < -0.39 is 5.92 Å². The highest BCUT2D eigenvalue weighted by Gasteiger charge is 2.41. The summed E-state index contributed by atoms with van der Waals surface area (Å²) in [7, 11) is 0. The van der Waals surface area contributed by atoms with Crippen LogP contribution in [-0.4, -0.2) is 48.9 Å². The van der Waals surface area contributed by atoms with Crippen LogP contribution in [0.15, 0.2) is 18.2 Å². The van der Waals surface area contributed by atoms with Crippen LogP contribution in [0.3, 0.4) is 0 Å². The Morgan fingerprint density at radius 2 is 2.00 bits per heavy atom. The van der Waals surface area contributed by atoms with Gasteiger partial charge in [-0.2, -0.15) is 0 Å². The molecule has 1 aromatic rings. The van der Waals surface area contributed by atoms with Crippen LogP contribution in [0.1, 0.15) is 13.3 Å². The molecule has 0 radical (unpaired) electrons. The SMILES string of the molecule is C[C@@H]1CNCCN1C(=O)C1CCN(c2ccc(Cl)c(Cl)c2)C1=O.Cl. The first-order chi connectivity index (χ1) is 11.0. The number of benzene rings is 1. The van der Waals surface area contributed by atoms with Gasteiger partial charge in [-0.15, -0.1) is 12.4 Å². The molecule has 0 saturated carbocycles. The maximum Gasteiger partial charge on any atom is 0.239 e. The first-order valence-corrected chi connectivity index (χ1v) is 8.52. The Morgan fingerprint density at radius 3 is 2.67 bits per heavy atom. The van der Waals surface area contributed by atoms with Crippen LogP contribution >= 0.6 is 35.6 Å². The second-order valence-corrected chi connectivity index (χ2v) is 6.83. The lowest BCUT2D eigenvalue weighted by Gasteiger charge is -2.35. The van der Waals surface area contributed by atoms with E-state index >= 15 is 0 Å². The van der Waals surface area contributed by atoms with Gasteiger partial charge in [0, 0.05) is 37.9 Å². The first-order valence-electron chi connectivity index (χ1n) is 7.76. The number of hydrogen-bond acceptors (Lipinski definition) is 3. The minimum atomic E-state index is -0.593. The molecule has 0 bridgehead atoms. The molecule has 2 amide bonds. The normalized spacial score (nSPS) is 24.0. The van der Waals surface area contributed by atoms with Crippen molar-refractivity contribution in [1.29, 1.82) is 0 Å². The van der Waals surface area contributed by atoms with Crippen LogP contribution in [0.4, 0.5) is 5.69 Å². The lowest BCUT2D eigenvalue weighted by atomic mass is 10.0. The molecule has 24 heavy (non-hydrogen) atoms. The molecule has 0 aromatic heterocycles. The fraction of sp³-hybridized carbons (Fsp3) is 0.500. The van der Waals surface area contributed by atoms with Crippen molar-refractivity contribution in [3.63, 3.8) is 0 Å². The number of carbonyl (C=O) groups excluding carboxylic acids is 2. The standard InChI is InChI=1S/C16H19Cl2N3O2.ClH/c1-10-9-19-5-7-20(10)15(22)12-4-6-21(16(12)23)11-2-3-13(17)14(18)8-11;/h2-3,8,10,12,19H,4-7,9H2,1H3;1H/t10-,12?;/m1./s1. The van der Waals surface area contributed by atoms with Crippen molar-refractivity contribution in [2.75, 3.05) is 31.1 Å². The number of carbonyl (C=O) groups is 2. The molecular formula is C16H20Cl3N3O2. The Bertz CT molecular complexity index is 641. The maximum atomic E-state index is 12.7. The number of anilines is 1. The maximum absolute atomic E-state index is 12.7. The highest BCUT2D eigenvalue weighted by Crippen LogP contribution is 2.31. The van der Waals surface area contributed by atoms with Gasteiger partial charge in [-0.05, 0) is 31.5 Å². The third-order valence-corrected chi connectivity index (χ3v) is 5.24. The molecule has 5 nitrogen and oxygen atoms in total. The summed E-state index contributed by atoms with van der Waals surface area (Å²) in [6.45, 7) is 4.71. The second-order valence-electron chi connectivity index (χ2n) is 6.01. The molecule has 132 valence electrons. The molecule has 3 rings (SSSR count). The zero-order chi connectivity index (χ0) is 16.6. The van der Waals surface area contributed by atoms with E-state index in [1.165, 1.54) is 0 Å². The fourth-order valence-electron chi connectivity index (χ4n) is 3.19. The van der Waals surface area contributed by atoms with Crippen LogP contribution < -0.4 is 10.2 Å². The summed E-state index contributed by atoms with van der Waals surface area (Å²) in [5, 5.41) is 4.10. The van der Waals surface area contributed by atoms with Crippen LogP contribution in [0, 0.1) is 5.92 Å². The average molecular weight is 393 g/mol. The van der Waals surface area contributed by atoms with Crippen molar-refractivity contribution >= 4 is 53.1 Å². The summed E-state index contributed by atoms with van der Waals surface area (Å²) in [6.07, 6.45) is 0.536. The first kappa shape index (κ1) is 19.3. The van der Waals surface area contributed by atoms with E-state index in [-0.39, 0.29) is 30.3 Å². The highest BCUT2D eigenvalue weighted by molar-refractivity contribution is 6.42. The van der Waals surface area contributed by atoms with E-state index in [4.69, 9.17) is 23.2 Å². The zero-order valence-corrected chi connectivity index (χ0v) is 15.6. The number of hydrogen-bond donors (Lipinski definition) is 1. The molecule has 1 aromatic carbocycles. The summed E-state index contributed by atoms with van der Waals surface area (Å²) >= 11 is 11.9. The lowest BCUT2D eigenvalue weighted by Crippen LogP contribution is -2.54. The number of halogens is 3. The summed E-state index contributed by atoms with van der Waals surface area (Å²) in [5.41, 5.74) is 0.688. The number of amides is 2.